The Hall–Kier alpha value is 0.280. The molecule has 2 nitrogen and oxygen atoms in total. The first kappa shape index (κ1) is 12.4. The highest BCUT2D eigenvalue weighted by atomic mass is 127. The topological polar surface area (TPSA) is 18.5 Å². The molecule has 0 aromatic heterocycles. The molecule has 0 amide bonds. The van der Waals surface area contributed by atoms with Gasteiger partial charge in [0.1, 0.15) is 0 Å². The normalized spacial score (nSPS) is 10.0. The molecule has 0 saturated carbocycles. The van der Waals surface area contributed by atoms with Crippen LogP contribution in [0.4, 0.5) is 0 Å². The molecule has 14 heavy (non-hydrogen) atoms. The van der Waals surface area contributed by atoms with Crippen LogP contribution >= 0.6 is 45.2 Å². The van der Waals surface area contributed by atoms with Gasteiger partial charge in [0.05, 0.1) is 14.2 Å². The summed E-state index contributed by atoms with van der Waals surface area (Å²) in [5.41, 5.74) is 2.63. The summed E-state index contributed by atoms with van der Waals surface area (Å²) in [6.45, 7) is 0. The Morgan fingerprint density at radius 1 is 0.929 bits per heavy atom. The van der Waals surface area contributed by atoms with E-state index in [4.69, 9.17) is 9.47 Å². The summed E-state index contributed by atoms with van der Waals surface area (Å²) in [6.07, 6.45) is 0. The minimum absolute atomic E-state index is 0.813. The van der Waals surface area contributed by atoms with E-state index in [0.29, 0.717) is 0 Å². The van der Waals surface area contributed by atoms with Gasteiger partial charge in [0.25, 0.3) is 0 Å². The van der Waals surface area contributed by atoms with Gasteiger partial charge in [0.15, 0.2) is 11.5 Å². The summed E-state index contributed by atoms with van der Waals surface area (Å²) in [4.78, 5) is 0. The van der Waals surface area contributed by atoms with Gasteiger partial charge in [-0.15, -0.1) is 0 Å². The van der Waals surface area contributed by atoms with E-state index in [-0.39, 0.29) is 0 Å². The molecule has 0 unspecified atom stereocenters. The van der Waals surface area contributed by atoms with Crippen LogP contribution < -0.4 is 9.47 Å². The molecule has 0 bridgehead atoms. The Bertz CT molecular complexity index is 255. The van der Waals surface area contributed by atoms with E-state index in [1.54, 1.807) is 14.2 Å². The van der Waals surface area contributed by atoms with Gasteiger partial charge in [-0.25, -0.2) is 0 Å². The minimum Gasteiger partial charge on any atom is -0.493 e. The average molecular weight is 418 g/mol. The van der Waals surface area contributed by atoms with E-state index < -0.39 is 0 Å². The zero-order chi connectivity index (χ0) is 10.6. The van der Waals surface area contributed by atoms with E-state index in [1.165, 1.54) is 11.1 Å². The predicted octanol–water partition coefficient (Wildman–Crippen LogP) is 3.57. The van der Waals surface area contributed by atoms with E-state index in [0.717, 1.165) is 20.4 Å². The molecule has 0 saturated heterocycles. The van der Waals surface area contributed by atoms with E-state index >= 15 is 0 Å². The van der Waals surface area contributed by atoms with Crippen molar-refractivity contribution in [2.24, 2.45) is 0 Å². The number of alkyl halides is 2. The summed E-state index contributed by atoms with van der Waals surface area (Å²) in [5, 5.41) is 0. The third-order valence-corrected chi connectivity index (χ3v) is 3.64. The van der Waals surface area contributed by atoms with Crippen LogP contribution in [0.2, 0.25) is 0 Å². The number of hydrogen-bond donors (Lipinski definition) is 0. The number of ether oxygens (including phenoxy) is 2. The molecule has 0 aliphatic carbocycles. The molecule has 0 fully saturated rings. The van der Waals surface area contributed by atoms with Crippen molar-refractivity contribution in [1.82, 2.24) is 0 Å². The lowest BCUT2D eigenvalue weighted by atomic mass is 10.1. The second-order valence-corrected chi connectivity index (χ2v) is 4.27. The van der Waals surface area contributed by atoms with Crippen LogP contribution in [0, 0.1) is 0 Å². The summed E-state index contributed by atoms with van der Waals surface area (Å²) in [7, 11) is 3.33. The molecule has 1 rings (SSSR count). The molecule has 0 aliphatic heterocycles. The maximum atomic E-state index is 5.25. The first-order chi connectivity index (χ1) is 6.76. The van der Waals surface area contributed by atoms with Crippen LogP contribution in [0.1, 0.15) is 11.1 Å². The number of benzene rings is 1. The third kappa shape index (κ3) is 2.65. The summed E-state index contributed by atoms with van der Waals surface area (Å²) in [6, 6.07) is 4.11. The smallest absolute Gasteiger partial charge is 0.161 e. The van der Waals surface area contributed by atoms with Gasteiger partial charge in [0, 0.05) is 8.86 Å². The van der Waals surface area contributed by atoms with Gasteiger partial charge in [0.2, 0.25) is 0 Å². The van der Waals surface area contributed by atoms with Crippen molar-refractivity contribution in [2.75, 3.05) is 14.2 Å². The van der Waals surface area contributed by atoms with Crippen LogP contribution in [0.3, 0.4) is 0 Å². The molecule has 0 radical (unpaired) electrons. The fourth-order valence-corrected chi connectivity index (χ4v) is 2.63. The molecular weight excluding hydrogens is 406 g/mol. The summed E-state index contributed by atoms with van der Waals surface area (Å²) in [5.74, 6) is 1.63. The summed E-state index contributed by atoms with van der Waals surface area (Å²) < 4.78 is 12.5. The maximum absolute atomic E-state index is 5.25. The second kappa shape index (κ2) is 5.99. The number of hydrogen-bond acceptors (Lipinski definition) is 2. The zero-order valence-corrected chi connectivity index (χ0v) is 12.5. The van der Waals surface area contributed by atoms with Gasteiger partial charge in [-0.2, -0.15) is 0 Å². The van der Waals surface area contributed by atoms with Gasteiger partial charge in [-0.05, 0) is 23.3 Å². The lowest BCUT2D eigenvalue weighted by Gasteiger charge is -2.12. The third-order valence-electron chi connectivity index (χ3n) is 1.99. The molecule has 4 heteroatoms. The second-order valence-electron chi connectivity index (χ2n) is 2.74. The molecular formula is C10H12I2O2. The summed E-state index contributed by atoms with van der Waals surface area (Å²) >= 11 is 4.72. The Kier molecular flexibility index (Phi) is 5.29. The Morgan fingerprint density at radius 3 is 1.50 bits per heavy atom. The first-order valence-electron chi connectivity index (χ1n) is 4.12. The van der Waals surface area contributed by atoms with Crippen LogP contribution in [-0.2, 0) is 8.86 Å². The van der Waals surface area contributed by atoms with E-state index in [2.05, 4.69) is 57.3 Å². The monoisotopic (exact) mass is 418 g/mol. The Balaban J connectivity index is 3.20. The lowest BCUT2D eigenvalue weighted by molar-refractivity contribution is 0.354. The van der Waals surface area contributed by atoms with E-state index in [1.807, 2.05) is 0 Å². The molecule has 1 aromatic rings. The van der Waals surface area contributed by atoms with Crippen LogP contribution in [0.25, 0.3) is 0 Å². The number of halogens is 2. The standard InChI is InChI=1S/C10H12I2O2/c1-13-9-3-7(5-11)8(6-12)4-10(9)14-2/h3-4H,5-6H2,1-2H3. The van der Waals surface area contributed by atoms with Crippen LogP contribution in [0.5, 0.6) is 11.5 Å². The highest BCUT2D eigenvalue weighted by Crippen LogP contribution is 2.32. The van der Waals surface area contributed by atoms with Crippen molar-refractivity contribution in [2.45, 2.75) is 8.86 Å². The lowest BCUT2D eigenvalue weighted by Crippen LogP contribution is -1.95. The quantitative estimate of drug-likeness (QED) is 0.550. The van der Waals surface area contributed by atoms with Gasteiger partial charge < -0.3 is 9.47 Å². The molecule has 0 N–H and O–H groups in total. The molecule has 1 aromatic carbocycles. The first-order valence-corrected chi connectivity index (χ1v) is 7.17. The van der Waals surface area contributed by atoms with Gasteiger partial charge in [-0.3, -0.25) is 0 Å². The fraction of sp³-hybridized carbons (Fsp3) is 0.400. The Labute approximate surface area is 112 Å². The largest absolute Gasteiger partial charge is 0.493 e. The molecule has 0 aliphatic rings. The Morgan fingerprint density at radius 2 is 1.29 bits per heavy atom. The van der Waals surface area contributed by atoms with Crippen LogP contribution in [-0.4, -0.2) is 14.2 Å². The zero-order valence-electron chi connectivity index (χ0n) is 8.14. The number of rotatable bonds is 4. The van der Waals surface area contributed by atoms with Crippen molar-refractivity contribution < 1.29 is 9.47 Å². The van der Waals surface area contributed by atoms with Crippen molar-refractivity contribution in [3.8, 4) is 11.5 Å². The average Bonchev–Trinajstić information content (AvgIpc) is 2.26. The highest BCUT2D eigenvalue weighted by Gasteiger charge is 2.09. The molecule has 78 valence electrons. The predicted molar refractivity (Wildman–Crippen MR) is 75.0 cm³/mol. The van der Waals surface area contributed by atoms with Crippen molar-refractivity contribution in [3.63, 3.8) is 0 Å². The maximum Gasteiger partial charge on any atom is 0.161 e. The molecule has 0 heterocycles. The SMILES string of the molecule is COc1cc(CI)c(CI)cc1OC. The molecule has 0 spiro atoms. The van der Waals surface area contributed by atoms with Crippen molar-refractivity contribution in [1.29, 1.82) is 0 Å². The van der Waals surface area contributed by atoms with E-state index in [9.17, 15) is 0 Å². The van der Waals surface area contributed by atoms with Crippen LogP contribution in [0.15, 0.2) is 12.1 Å². The highest BCUT2D eigenvalue weighted by molar-refractivity contribution is 14.1. The van der Waals surface area contributed by atoms with Crippen molar-refractivity contribution >= 4 is 45.2 Å². The van der Waals surface area contributed by atoms with Gasteiger partial charge in [-0.1, -0.05) is 45.2 Å². The fourth-order valence-electron chi connectivity index (χ4n) is 1.21. The minimum atomic E-state index is 0.813. The molecule has 0 atom stereocenters. The number of methoxy groups -OCH3 is 2. The van der Waals surface area contributed by atoms with Gasteiger partial charge >= 0.3 is 0 Å². The van der Waals surface area contributed by atoms with Crippen molar-refractivity contribution in [3.05, 3.63) is 23.3 Å².